The molecule has 0 aliphatic carbocycles. The highest BCUT2D eigenvalue weighted by atomic mass is 16.5. The minimum Gasteiger partial charge on any atom is -0.492 e. The van der Waals surface area contributed by atoms with Gasteiger partial charge in [0, 0.05) is 26.6 Å². The average molecular weight is 344 g/mol. The molecule has 5 heteroatoms. The first-order valence-electron chi connectivity index (χ1n) is 8.75. The van der Waals surface area contributed by atoms with Gasteiger partial charge in [-0.3, -0.25) is 9.59 Å². The molecule has 1 atom stereocenters. The zero-order valence-corrected chi connectivity index (χ0v) is 15.5. The predicted molar refractivity (Wildman–Crippen MR) is 98.5 cm³/mol. The van der Waals surface area contributed by atoms with Crippen molar-refractivity contribution in [3.63, 3.8) is 0 Å². The Hall–Kier alpha value is -2.30. The summed E-state index contributed by atoms with van der Waals surface area (Å²) in [6.07, 6.45) is 2.75. The number of amides is 2. The molecule has 136 valence electrons. The summed E-state index contributed by atoms with van der Waals surface area (Å²) in [4.78, 5) is 27.9. The lowest BCUT2D eigenvalue weighted by atomic mass is 9.96. The van der Waals surface area contributed by atoms with Gasteiger partial charge in [0.1, 0.15) is 12.4 Å². The summed E-state index contributed by atoms with van der Waals surface area (Å²) in [5, 5.41) is 0. The summed E-state index contributed by atoms with van der Waals surface area (Å²) in [5.41, 5.74) is 2.32. The van der Waals surface area contributed by atoms with Crippen LogP contribution >= 0.6 is 0 Å². The third-order valence-electron chi connectivity index (χ3n) is 4.47. The van der Waals surface area contributed by atoms with Crippen molar-refractivity contribution in [3.05, 3.63) is 42.0 Å². The fourth-order valence-corrected chi connectivity index (χ4v) is 3.19. The maximum Gasteiger partial charge on any atom is 0.227 e. The summed E-state index contributed by atoms with van der Waals surface area (Å²) < 4.78 is 5.78. The molecule has 25 heavy (non-hydrogen) atoms. The summed E-state index contributed by atoms with van der Waals surface area (Å²) in [5.74, 6) is 0.873. The number of piperidine rings is 1. The zero-order chi connectivity index (χ0) is 18.4. The third-order valence-corrected chi connectivity index (χ3v) is 4.47. The van der Waals surface area contributed by atoms with Crippen LogP contribution in [0.4, 0.5) is 0 Å². The quantitative estimate of drug-likeness (QED) is 0.714. The van der Waals surface area contributed by atoms with E-state index >= 15 is 0 Å². The van der Waals surface area contributed by atoms with Crippen LogP contribution in [0, 0.1) is 19.8 Å². The van der Waals surface area contributed by atoms with E-state index in [9.17, 15) is 9.59 Å². The highest BCUT2D eigenvalue weighted by Gasteiger charge is 2.31. The Labute approximate surface area is 150 Å². The molecule has 1 saturated heterocycles. The summed E-state index contributed by atoms with van der Waals surface area (Å²) in [6, 6.07) is 6.09. The number of ether oxygens (including phenoxy) is 1. The van der Waals surface area contributed by atoms with Crippen molar-refractivity contribution < 1.29 is 14.3 Å². The van der Waals surface area contributed by atoms with Crippen LogP contribution in [0.3, 0.4) is 0 Å². The third kappa shape index (κ3) is 5.34. The second-order valence-electron chi connectivity index (χ2n) is 6.75. The van der Waals surface area contributed by atoms with Crippen LogP contribution < -0.4 is 4.74 Å². The predicted octanol–water partition coefficient (Wildman–Crippen LogP) is 2.57. The smallest absolute Gasteiger partial charge is 0.227 e. The van der Waals surface area contributed by atoms with Crippen molar-refractivity contribution in [2.75, 3.05) is 33.3 Å². The summed E-state index contributed by atoms with van der Waals surface area (Å²) >= 11 is 0. The van der Waals surface area contributed by atoms with E-state index in [1.807, 2.05) is 26.0 Å². The van der Waals surface area contributed by atoms with Crippen molar-refractivity contribution in [2.24, 2.45) is 5.92 Å². The molecule has 1 fully saturated rings. The van der Waals surface area contributed by atoms with E-state index in [-0.39, 0.29) is 17.7 Å². The molecule has 1 aliphatic heterocycles. The molecule has 0 aromatic heterocycles. The van der Waals surface area contributed by atoms with E-state index < -0.39 is 0 Å². The molecule has 1 aliphatic rings. The monoisotopic (exact) mass is 344 g/mol. The number of benzene rings is 1. The highest BCUT2D eigenvalue weighted by Crippen LogP contribution is 2.20. The summed E-state index contributed by atoms with van der Waals surface area (Å²) in [7, 11) is 1.79. The minimum atomic E-state index is -0.135. The van der Waals surface area contributed by atoms with Crippen LogP contribution in [0.1, 0.15) is 24.0 Å². The summed E-state index contributed by atoms with van der Waals surface area (Å²) in [6.45, 7) is 9.70. The first kappa shape index (κ1) is 19.0. The number of carbonyl (C=O) groups is 2. The van der Waals surface area contributed by atoms with Gasteiger partial charge >= 0.3 is 0 Å². The van der Waals surface area contributed by atoms with Crippen LogP contribution in [0.2, 0.25) is 0 Å². The fourth-order valence-electron chi connectivity index (χ4n) is 3.19. The molecular formula is C20H28N2O3. The van der Waals surface area contributed by atoms with Crippen LogP contribution in [-0.2, 0) is 9.59 Å². The zero-order valence-electron chi connectivity index (χ0n) is 15.5. The van der Waals surface area contributed by atoms with E-state index in [1.54, 1.807) is 22.9 Å². The molecule has 2 amide bonds. The van der Waals surface area contributed by atoms with Crippen molar-refractivity contribution in [1.82, 2.24) is 9.80 Å². The molecule has 0 spiro atoms. The van der Waals surface area contributed by atoms with Gasteiger partial charge in [-0.25, -0.2) is 0 Å². The van der Waals surface area contributed by atoms with Crippen molar-refractivity contribution >= 4 is 11.8 Å². The number of likely N-dealkylation sites (N-methyl/N-ethyl adjacent to an activating group) is 1. The largest absolute Gasteiger partial charge is 0.492 e. The second-order valence-corrected chi connectivity index (χ2v) is 6.75. The van der Waals surface area contributed by atoms with Crippen LogP contribution in [-0.4, -0.2) is 54.9 Å². The van der Waals surface area contributed by atoms with E-state index in [0.717, 1.165) is 16.9 Å². The van der Waals surface area contributed by atoms with Crippen molar-refractivity contribution in [3.8, 4) is 5.75 Å². The lowest BCUT2D eigenvalue weighted by Gasteiger charge is -2.33. The first-order chi connectivity index (χ1) is 11.9. The normalized spacial score (nSPS) is 17.3. The Morgan fingerprint density at radius 3 is 2.68 bits per heavy atom. The Kier molecular flexibility index (Phi) is 6.62. The van der Waals surface area contributed by atoms with Crippen LogP contribution in [0.25, 0.3) is 0 Å². The molecular weight excluding hydrogens is 316 g/mol. The Balaban J connectivity index is 1.83. The molecule has 5 nitrogen and oxygen atoms in total. The van der Waals surface area contributed by atoms with Crippen molar-refractivity contribution in [1.29, 1.82) is 0 Å². The second kappa shape index (κ2) is 8.70. The number of hydrogen-bond acceptors (Lipinski definition) is 3. The van der Waals surface area contributed by atoms with Gasteiger partial charge in [-0.05, 0) is 43.5 Å². The Morgan fingerprint density at radius 1 is 1.36 bits per heavy atom. The van der Waals surface area contributed by atoms with Gasteiger partial charge in [0.05, 0.1) is 12.5 Å². The van der Waals surface area contributed by atoms with Gasteiger partial charge in [0.15, 0.2) is 0 Å². The number of rotatable bonds is 7. The van der Waals surface area contributed by atoms with E-state index in [4.69, 9.17) is 4.74 Å². The van der Waals surface area contributed by atoms with Crippen LogP contribution in [0.15, 0.2) is 30.9 Å². The molecule has 0 radical (unpaired) electrons. The molecule has 0 N–H and O–H groups in total. The van der Waals surface area contributed by atoms with Crippen LogP contribution in [0.5, 0.6) is 5.75 Å². The molecule has 1 heterocycles. The molecule has 0 saturated carbocycles. The topological polar surface area (TPSA) is 49.9 Å². The van der Waals surface area contributed by atoms with E-state index in [1.165, 1.54) is 0 Å². The number of likely N-dealkylation sites (tertiary alicyclic amines) is 1. The van der Waals surface area contributed by atoms with E-state index in [0.29, 0.717) is 39.1 Å². The minimum absolute atomic E-state index is 0.0746. The number of carbonyl (C=O) groups excluding carboxylic acids is 2. The molecule has 1 aromatic rings. The first-order valence-corrected chi connectivity index (χ1v) is 8.75. The molecule has 2 rings (SSSR count). The average Bonchev–Trinajstić information content (AvgIpc) is 2.55. The molecule has 1 aromatic carbocycles. The maximum atomic E-state index is 12.6. The lowest BCUT2D eigenvalue weighted by Crippen LogP contribution is -2.46. The van der Waals surface area contributed by atoms with E-state index in [2.05, 4.69) is 12.6 Å². The van der Waals surface area contributed by atoms with Gasteiger partial charge < -0.3 is 14.5 Å². The standard InChI is InChI=1S/C20H28N2O3/c1-5-8-22-14-17(6-7-19(22)23)20(24)21(4)9-10-25-18-12-15(2)11-16(3)13-18/h5,11-13,17H,1,6-10,14H2,2-4H3/t17-/m1/s1. The number of aryl methyl sites for hydroxylation is 2. The maximum absolute atomic E-state index is 12.6. The van der Waals surface area contributed by atoms with Crippen molar-refractivity contribution in [2.45, 2.75) is 26.7 Å². The molecule has 0 bridgehead atoms. The number of nitrogens with zero attached hydrogens (tertiary/aromatic N) is 2. The van der Waals surface area contributed by atoms with Gasteiger partial charge in [0.2, 0.25) is 11.8 Å². The Morgan fingerprint density at radius 2 is 2.04 bits per heavy atom. The Bertz CT molecular complexity index is 622. The highest BCUT2D eigenvalue weighted by molar-refractivity contribution is 5.83. The fraction of sp³-hybridized carbons (Fsp3) is 0.500. The van der Waals surface area contributed by atoms with Gasteiger partial charge in [-0.1, -0.05) is 12.1 Å². The molecule has 0 unspecified atom stereocenters. The SMILES string of the molecule is C=CCN1C[C@H](C(=O)N(C)CCOc2cc(C)cc(C)c2)CCC1=O. The van der Waals surface area contributed by atoms with Gasteiger partial charge in [-0.15, -0.1) is 6.58 Å². The number of hydrogen-bond donors (Lipinski definition) is 0. The van der Waals surface area contributed by atoms with Gasteiger partial charge in [0.25, 0.3) is 0 Å². The lowest BCUT2D eigenvalue weighted by molar-refractivity contribution is -0.142. The van der Waals surface area contributed by atoms with Gasteiger partial charge in [-0.2, -0.15) is 0 Å².